The van der Waals surface area contributed by atoms with Gasteiger partial charge in [-0.1, -0.05) is 24.0 Å². The molecule has 1 saturated heterocycles. The predicted molar refractivity (Wildman–Crippen MR) is 76.3 cm³/mol. The summed E-state index contributed by atoms with van der Waals surface area (Å²) in [6, 6.07) is 7.42. The number of benzene rings is 1. The number of ether oxygens (including phenoxy) is 1. The van der Waals surface area contributed by atoms with Gasteiger partial charge in [0.25, 0.3) is 5.91 Å². The monoisotopic (exact) mass is 273 g/mol. The van der Waals surface area contributed by atoms with Crippen molar-refractivity contribution in [3.05, 3.63) is 35.4 Å². The van der Waals surface area contributed by atoms with E-state index < -0.39 is 0 Å². The van der Waals surface area contributed by atoms with Gasteiger partial charge >= 0.3 is 0 Å². The highest BCUT2D eigenvalue weighted by Crippen LogP contribution is 2.15. The fourth-order valence-corrected chi connectivity index (χ4v) is 2.18. The van der Waals surface area contributed by atoms with E-state index in [2.05, 4.69) is 11.8 Å². The molecule has 106 valence electrons. The van der Waals surface area contributed by atoms with Gasteiger partial charge in [-0.05, 0) is 19.1 Å². The van der Waals surface area contributed by atoms with Crippen molar-refractivity contribution in [1.29, 1.82) is 0 Å². The van der Waals surface area contributed by atoms with Gasteiger partial charge in [-0.2, -0.15) is 0 Å². The second kappa shape index (κ2) is 7.09. The average Bonchev–Trinajstić information content (AvgIpc) is 2.48. The fraction of sp³-hybridized carbons (Fsp3) is 0.438. The van der Waals surface area contributed by atoms with E-state index in [-0.39, 0.29) is 18.6 Å². The molecule has 1 atom stereocenters. The molecule has 1 fully saturated rings. The van der Waals surface area contributed by atoms with Gasteiger partial charge in [-0.25, -0.2) is 0 Å². The van der Waals surface area contributed by atoms with Crippen LogP contribution < -0.4 is 0 Å². The summed E-state index contributed by atoms with van der Waals surface area (Å²) < 4.78 is 5.36. The molecule has 4 nitrogen and oxygen atoms in total. The third-order valence-corrected chi connectivity index (χ3v) is 3.25. The van der Waals surface area contributed by atoms with Gasteiger partial charge in [-0.3, -0.25) is 4.79 Å². The van der Waals surface area contributed by atoms with Crippen LogP contribution in [0.5, 0.6) is 0 Å². The lowest BCUT2D eigenvalue weighted by molar-refractivity contribution is 0.00358. The van der Waals surface area contributed by atoms with Crippen molar-refractivity contribution >= 4 is 5.91 Å². The number of rotatable bonds is 2. The number of aliphatic hydroxyl groups is 1. The Balaban J connectivity index is 2.23. The summed E-state index contributed by atoms with van der Waals surface area (Å²) in [6.07, 6.45) is 0.413. The molecule has 1 aliphatic rings. The average molecular weight is 273 g/mol. The van der Waals surface area contributed by atoms with Crippen LogP contribution in [0.3, 0.4) is 0 Å². The Hall–Kier alpha value is -1.83. The number of aliphatic hydroxyl groups excluding tert-OH is 1. The largest absolute Gasteiger partial charge is 0.395 e. The lowest BCUT2D eigenvalue weighted by Crippen LogP contribution is -2.47. The minimum atomic E-state index is -0.00491. The molecule has 0 spiro atoms. The van der Waals surface area contributed by atoms with Crippen LogP contribution in [0.4, 0.5) is 0 Å². The van der Waals surface area contributed by atoms with E-state index >= 15 is 0 Å². The molecule has 4 heteroatoms. The molecule has 0 saturated carbocycles. The highest BCUT2D eigenvalue weighted by molar-refractivity contribution is 5.97. The summed E-state index contributed by atoms with van der Waals surface area (Å²) in [5, 5.41) is 8.77. The maximum absolute atomic E-state index is 12.6. The maximum atomic E-state index is 12.6. The van der Waals surface area contributed by atoms with Crippen LogP contribution in [0.2, 0.25) is 0 Å². The van der Waals surface area contributed by atoms with Crippen LogP contribution in [0.1, 0.15) is 29.3 Å². The van der Waals surface area contributed by atoms with Crippen molar-refractivity contribution in [2.45, 2.75) is 19.4 Å². The van der Waals surface area contributed by atoms with Gasteiger partial charge < -0.3 is 14.7 Å². The zero-order valence-electron chi connectivity index (χ0n) is 11.6. The summed E-state index contributed by atoms with van der Waals surface area (Å²) in [7, 11) is 0. The topological polar surface area (TPSA) is 49.8 Å². The first kappa shape index (κ1) is 14.6. The van der Waals surface area contributed by atoms with E-state index in [1.807, 2.05) is 30.0 Å². The van der Waals surface area contributed by atoms with Gasteiger partial charge in [0.15, 0.2) is 0 Å². The van der Waals surface area contributed by atoms with Gasteiger partial charge in [0.05, 0.1) is 31.4 Å². The second-order valence-electron chi connectivity index (χ2n) is 4.74. The Morgan fingerprint density at radius 3 is 3.05 bits per heavy atom. The van der Waals surface area contributed by atoms with Gasteiger partial charge in [0.2, 0.25) is 0 Å². The number of hydrogen-bond donors (Lipinski definition) is 1. The quantitative estimate of drug-likeness (QED) is 0.826. The van der Waals surface area contributed by atoms with E-state index in [0.717, 1.165) is 0 Å². The first-order valence-corrected chi connectivity index (χ1v) is 6.81. The summed E-state index contributed by atoms with van der Waals surface area (Å²) in [5.41, 5.74) is 1.33. The molecule has 1 heterocycles. The highest BCUT2D eigenvalue weighted by Gasteiger charge is 2.25. The van der Waals surface area contributed by atoms with E-state index in [4.69, 9.17) is 9.84 Å². The number of hydrogen-bond acceptors (Lipinski definition) is 3. The number of nitrogens with zero attached hydrogens (tertiary/aromatic N) is 1. The molecule has 0 radical (unpaired) electrons. The molecule has 0 aliphatic carbocycles. The lowest BCUT2D eigenvalue weighted by atomic mass is 10.1. The minimum absolute atomic E-state index is 0.00491. The first-order valence-electron chi connectivity index (χ1n) is 6.81. The van der Waals surface area contributed by atoms with Crippen LogP contribution in [-0.4, -0.2) is 48.3 Å². The number of morpholine rings is 1. The van der Waals surface area contributed by atoms with Crippen molar-refractivity contribution in [2.75, 3.05) is 26.4 Å². The Labute approximate surface area is 119 Å². The van der Waals surface area contributed by atoms with Crippen molar-refractivity contribution in [1.82, 2.24) is 4.90 Å². The van der Waals surface area contributed by atoms with E-state index in [9.17, 15) is 4.79 Å². The minimum Gasteiger partial charge on any atom is -0.395 e. The van der Waals surface area contributed by atoms with Gasteiger partial charge in [0.1, 0.15) is 0 Å². The third kappa shape index (κ3) is 3.38. The molecule has 1 unspecified atom stereocenters. The molecular weight excluding hydrogens is 254 g/mol. The summed E-state index contributed by atoms with van der Waals surface area (Å²) in [5.74, 6) is 5.82. The van der Waals surface area contributed by atoms with Crippen molar-refractivity contribution in [3.8, 4) is 11.8 Å². The van der Waals surface area contributed by atoms with E-state index in [1.54, 1.807) is 6.07 Å². The van der Waals surface area contributed by atoms with Gasteiger partial charge in [-0.15, -0.1) is 0 Å². The number of carbonyl (C=O) groups is 1. The van der Waals surface area contributed by atoms with Crippen LogP contribution >= 0.6 is 0 Å². The number of carbonyl (C=O) groups excluding carboxylic acids is 1. The Kier molecular flexibility index (Phi) is 5.16. The Bertz CT molecular complexity index is 530. The van der Waals surface area contributed by atoms with Crippen LogP contribution in [0.25, 0.3) is 0 Å². The van der Waals surface area contributed by atoms with Crippen molar-refractivity contribution in [2.24, 2.45) is 0 Å². The fourth-order valence-electron chi connectivity index (χ4n) is 2.18. The second-order valence-corrected chi connectivity index (χ2v) is 4.74. The molecule has 0 bridgehead atoms. The van der Waals surface area contributed by atoms with Crippen molar-refractivity contribution in [3.63, 3.8) is 0 Å². The Morgan fingerprint density at radius 2 is 2.30 bits per heavy atom. The molecule has 1 aliphatic heterocycles. The molecular formula is C16H19NO3. The van der Waals surface area contributed by atoms with Crippen LogP contribution in [-0.2, 0) is 4.74 Å². The SMILES string of the molecule is CC1COCCN1C(=O)c1ccccc1C#CCCO. The highest BCUT2D eigenvalue weighted by atomic mass is 16.5. The molecule has 1 aromatic rings. The zero-order chi connectivity index (χ0) is 14.4. The van der Waals surface area contributed by atoms with Crippen LogP contribution in [0.15, 0.2) is 24.3 Å². The standard InChI is InChI=1S/C16H19NO3/c1-13-12-20-11-9-17(13)16(19)15-8-3-2-6-14(15)7-4-5-10-18/h2-3,6,8,13,18H,5,9-12H2,1H3. The lowest BCUT2D eigenvalue weighted by Gasteiger charge is -2.33. The van der Waals surface area contributed by atoms with Crippen LogP contribution in [0, 0.1) is 11.8 Å². The number of amides is 1. The summed E-state index contributed by atoms with van der Waals surface area (Å²) in [6.45, 7) is 3.78. The first-order chi connectivity index (χ1) is 9.74. The summed E-state index contributed by atoms with van der Waals surface area (Å²) >= 11 is 0. The normalized spacial score (nSPS) is 18.3. The molecule has 1 N–H and O–H groups in total. The molecule has 0 aromatic heterocycles. The van der Waals surface area contributed by atoms with E-state index in [0.29, 0.717) is 37.3 Å². The van der Waals surface area contributed by atoms with E-state index in [1.165, 1.54) is 0 Å². The Morgan fingerprint density at radius 1 is 1.50 bits per heavy atom. The van der Waals surface area contributed by atoms with Crippen molar-refractivity contribution < 1.29 is 14.6 Å². The third-order valence-electron chi connectivity index (χ3n) is 3.25. The smallest absolute Gasteiger partial charge is 0.255 e. The zero-order valence-corrected chi connectivity index (χ0v) is 11.6. The predicted octanol–water partition coefficient (Wildman–Crippen LogP) is 1.28. The summed E-state index contributed by atoms with van der Waals surface area (Å²) in [4.78, 5) is 14.4. The molecule has 2 rings (SSSR count). The molecule has 1 aromatic carbocycles. The van der Waals surface area contributed by atoms with Gasteiger partial charge in [0, 0.05) is 18.5 Å². The molecule has 20 heavy (non-hydrogen) atoms. The molecule has 1 amide bonds. The maximum Gasteiger partial charge on any atom is 0.255 e.